The Morgan fingerprint density at radius 2 is 1.64 bits per heavy atom. The van der Waals surface area contributed by atoms with E-state index in [1.54, 1.807) is 7.11 Å². The molecule has 0 amide bonds. The highest BCUT2D eigenvalue weighted by Crippen LogP contribution is 2.39. The Bertz CT molecular complexity index is 771. The number of hydrogen-bond acceptors (Lipinski definition) is 5. The summed E-state index contributed by atoms with van der Waals surface area (Å²) in [5, 5.41) is 7.12. The molecule has 3 aliphatic rings. The molecule has 1 N–H and O–H groups in total. The van der Waals surface area contributed by atoms with Crippen LogP contribution in [0, 0.1) is 5.41 Å². The molecular weight excluding hydrogens is 435 g/mol. The number of carboxylic acids is 1. The van der Waals surface area contributed by atoms with Crippen molar-refractivity contribution in [3.63, 3.8) is 0 Å². The molecule has 6 nitrogen and oxygen atoms in total. The number of piperidine rings is 1. The van der Waals surface area contributed by atoms with Crippen LogP contribution in [0.1, 0.15) is 37.7 Å². The van der Waals surface area contributed by atoms with E-state index < -0.39 is 12.1 Å². The monoisotopic (exact) mass is 471 g/mol. The van der Waals surface area contributed by atoms with Gasteiger partial charge in [-0.25, -0.2) is 4.79 Å². The number of benzene rings is 1. The summed E-state index contributed by atoms with van der Waals surface area (Å²) >= 11 is 0. The molecule has 1 atom stereocenters. The Morgan fingerprint density at radius 3 is 2.30 bits per heavy atom. The smallest absolute Gasteiger partial charge is 0.490 e. The van der Waals surface area contributed by atoms with Gasteiger partial charge in [0.1, 0.15) is 5.75 Å². The number of likely N-dealkylation sites (tertiary alicyclic amines) is 3. The topological polar surface area (TPSA) is 56.2 Å². The molecule has 0 saturated carbocycles. The van der Waals surface area contributed by atoms with E-state index in [0.717, 1.165) is 12.3 Å². The van der Waals surface area contributed by atoms with E-state index >= 15 is 0 Å². The fourth-order valence-corrected chi connectivity index (χ4v) is 5.31. The fraction of sp³-hybridized carbons (Fsp3) is 0.708. The van der Waals surface area contributed by atoms with E-state index in [0.29, 0.717) is 5.41 Å². The van der Waals surface area contributed by atoms with Gasteiger partial charge in [-0.15, -0.1) is 0 Å². The molecule has 0 aromatic heterocycles. The summed E-state index contributed by atoms with van der Waals surface area (Å²) in [7, 11) is 1.75. The number of halogens is 3. The SMILES string of the molecule is COc1cccc(CN2CCCC3(CCN(CCN4CCCC4)C3)C2)c1.O=C(O)C(F)(F)F. The Labute approximate surface area is 194 Å². The lowest BCUT2D eigenvalue weighted by molar-refractivity contribution is -0.192. The van der Waals surface area contributed by atoms with Crippen molar-refractivity contribution in [1.29, 1.82) is 0 Å². The molecule has 3 heterocycles. The molecule has 0 aliphatic carbocycles. The van der Waals surface area contributed by atoms with Gasteiger partial charge in [0.2, 0.25) is 0 Å². The van der Waals surface area contributed by atoms with Crippen LogP contribution in [0.5, 0.6) is 5.75 Å². The van der Waals surface area contributed by atoms with Crippen LogP contribution >= 0.6 is 0 Å². The molecule has 1 aromatic carbocycles. The van der Waals surface area contributed by atoms with Gasteiger partial charge >= 0.3 is 12.1 Å². The van der Waals surface area contributed by atoms with E-state index in [1.165, 1.54) is 90.0 Å². The molecular formula is C24H36F3N3O3. The lowest BCUT2D eigenvalue weighted by atomic mass is 9.79. The van der Waals surface area contributed by atoms with Crippen LogP contribution in [0.25, 0.3) is 0 Å². The predicted molar refractivity (Wildman–Crippen MR) is 120 cm³/mol. The third-order valence-corrected chi connectivity index (χ3v) is 6.97. The predicted octanol–water partition coefficient (Wildman–Crippen LogP) is 3.71. The lowest BCUT2D eigenvalue weighted by Crippen LogP contribution is -2.44. The molecule has 9 heteroatoms. The van der Waals surface area contributed by atoms with Gasteiger partial charge in [-0.2, -0.15) is 13.2 Å². The number of hydrogen-bond donors (Lipinski definition) is 1. The highest BCUT2D eigenvalue weighted by atomic mass is 19.4. The molecule has 186 valence electrons. The standard InChI is InChI=1S/C22H35N3O.C2HF3O2/c1-26-21-7-4-6-20(16-21)17-25-12-5-8-22(19-25)9-13-24(18-22)15-14-23-10-2-3-11-23;3-2(4,5)1(6)7/h4,6-7,16H,2-3,5,8-15,17-19H2,1H3;(H,6,7). The van der Waals surface area contributed by atoms with Crippen molar-refractivity contribution < 1.29 is 27.8 Å². The van der Waals surface area contributed by atoms with Crippen LogP contribution in [0.15, 0.2) is 24.3 Å². The van der Waals surface area contributed by atoms with Crippen LogP contribution < -0.4 is 4.74 Å². The average molecular weight is 472 g/mol. The van der Waals surface area contributed by atoms with Crippen LogP contribution in [0.2, 0.25) is 0 Å². The number of rotatable bonds is 6. The third kappa shape index (κ3) is 7.86. The third-order valence-electron chi connectivity index (χ3n) is 6.97. The Hall–Kier alpha value is -1.84. The largest absolute Gasteiger partial charge is 0.497 e. The first-order valence-corrected chi connectivity index (χ1v) is 11.8. The van der Waals surface area contributed by atoms with Crippen molar-refractivity contribution in [2.75, 3.05) is 59.5 Å². The average Bonchev–Trinajstić information content (AvgIpc) is 3.42. The van der Waals surface area contributed by atoms with Crippen LogP contribution in [-0.2, 0) is 11.3 Å². The van der Waals surface area contributed by atoms with Crippen molar-refractivity contribution in [1.82, 2.24) is 14.7 Å². The number of nitrogens with zero attached hydrogens (tertiary/aromatic N) is 3. The van der Waals surface area contributed by atoms with Gasteiger partial charge in [0, 0.05) is 32.7 Å². The van der Waals surface area contributed by atoms with E-state index in [9.17, 15) is 13.2 Å². The summed E-state index contributed by atoms with van der Waals surface area (Å²) in [5.41, 5.74) is 1.92. The molecule has 33 heavy (non-hydrogen) atoms. The fourth-order valence-electron chi connectivity index (χ4n) is 5.31. The zero-order valence-corrected chi connectivity index (χ0v) is 19.4. The second-order valence-corrected chi connectivity index (χ2v) is 9.54. The molecule has 1 spiro atoms. The van der Waals surface area contributed by atoms with E-state index in [2.05, 4.69) is 32.9 Å². The summed E-state index contributed by atoms with van der Waals surface area (Å²) in [6, 6.07) is 8.58. The lowest BCUT2D eigenvalue weighted by Gasteiger charge is -2.40. The van der Waals surface area contributed by atoms with Crippen molar-refractivity contribution in [3.8, 4) is 5.75 Å². The quantitative estimate of drug-likeness (QED) is 0.683. The summed E-state index contributed by atoms with van der Waals surface area (Å²) < 4.78 is 37.1. The zero-order valence-electron chi connectivity index (χ0n) is 19.4. The molecule has 1 unspecified atom stereocenters. The molecule has 3 fully saturated rings. The molecule has 3 aliphatic heterocycles. The van der Waals surface area contributed by atoms with Crippen LogP contribution in [0.4, 0.5) is 13.2 Å². The highest BCUT2D eigenvalue weighted by molar-refractivity contribution is 5.73. The normalized spacial score (nSPS) is 24.6. The van der Waals surface area contributed by atoms with Crippen molar-refractivity contribution in [2.45, 2.75) is 44.8 Å². The first kappa shape index (κ1) is 25.8. The molecule has 0 radical (unpaired) electrons. The maximum Gasteiger partial charge on any atom is 0.490 e. The zero-order chi connectivity index (χ0) is 23.9. The van der Waals surface area contributed by atoms with E-state index in [4.69, 9.17) is 14.6 Å². The van der Waals surface area contributed by atoms with Crippen molar-refractivity contribution >= 4 is 5.97 Å². The van der Waals surface area contributed by atoms with Gasteiger partial charge in [0.15, 0.2) is 0 Å². The molecule has 3 saturated heterocycles. The number of ether oxygens (including phenoxy) is 1. The second-order valence-electron chi connectivity index (χ2n) is 9.54. The Kier molecular flexibility index (Phi) is 9.01. The summed E-state index contributed by atoms with van der Waals surface area (Å²) in [6.07, 6.45) is 1.89. The number of carboxylic acid groups (broad SMARTS) is 1. The van der Waals surface area contributed by atoms with Crippen molar-refractivity contribution in [2.24, 2.45) is 5.41 Å². The van der Waals surface area contributed by atoms with E-state index in [1.807, 2.05) is 6.07 Å². The number of alkyl halides is 3. The molecule has 1 aromatic rings. The van der Waals surface area contributed by atoms with Gasteiger partial charge < -0.3 is 19.6 Å². The van der Waals surface area contributed by atoms with Gasteiger partial charge in [0.05, 0.1) is 7.11 Å². The molecule has 4 rings (SSSR count). The van der Waals surface area contributed by atoms with Gasteiger partial charge in [-0.3, -0.25) is 4.90 Å². The van der Waals surface area contributed by atoms with Gasteiger partial charge in [-0.1, -0.05) is 12.1 Å². The first-order chi connectivity index (χ1) is 15.7. The van der Waals surface area contributed by atoms with Crippen LogP contribution in [-0.4, -0.2) is 91.4 Å². The maximum atomic E-state index is 10.6. The first-order valence-electron chi connectivity index (χ1n) is 11.8. The maximum absolute atomic E-state index is 10.6. The number of carbonyl (C=O) groups is 1. The van der Waals surface area contributed by atoms with Gasteiger partial charge in [0.25, 0.3) is 0 Å². The van der Waals surface area contributed by atoms with Gasteiger partial charge in [-0.05, 0) is 81.4 Å². The van der Waals surface area contributed by atoms with Crippen molar-refractivity contribution in [3.05, 3.63) is 29.8 Å². The van der Waals surface area contributed by atoms with E-state index in [-0.39, 0.29) is 0 Å². The Morgan fingerprint density at radius 1 is 1.00 bits per heavy atom. The number of aliphatic carboxylic acids is 1. The summed E-state index contributed by atoms with van der Waals surface area (Å²) in [6.45, 7) is 11.4. The minimum absolute atomic E-state index is 0.544. The minimum atomic E-state index is -5.08. The summed E-state index contributed by atoms with van der Waals surface area (Å²) in [5.74, 6) is -1.78. The Balaban J connectivity index is 0.000000383. The molecule has 0 bridgehead atoms. The number of methoxy groups -OCH3 is 1. The van der Waals surface area contributed by atoms with Crippen LogP contribution in [0.3, 0.4) is 0 Å². The second kappa shape index (κ2) is 11.5. The summed E-state index contributed by atoms with van der Waals surface area (Å²) in [4.78, 5) is 17.0. The minimum Gasteiger partial charge on any atom is -0.497 e. The highest BCUT2D eigenvalue weighted by Gasteiger charge is 2.41.